The molecule has 1 aromatic heterocycles. The van der Waals surface area contributed by atoms with E-state index in [0.29, 0.717) is 41.1 Å². The second-order valence-electron chi connectivity index (χ2n) is 8.30. The third kappa shape index (κ3) is 7.00. The fourth-order valence-electron chi connectivity index (χ4n) is 3.56. The quantitative estimate of drug-likeness (QED) is 0.343. The molecular weight excluding hydrogens is 478 g/mol. The van der Waals surface area contributed by atoms with Gasteiger partial charge in [-0.3, -0.25) is 9.59 Å². The number of anilines is 1. The van der Waals surface area contributed by atoms with Crippen molar-refractivity contribution in [1.29, 1.82) is 0 Å². The summed E-state index contributed by atoms with van der Waals surface area (Å²) in [4.78, 5) is 25.4. The van der Waals surface area contributed by atoms with E-state index in [4.69, 9.17) is 9.47 Å². The first-order chi connectivity index (χ1) is 17.4. The Bertz CT molecular complexity index is 1150. The average Bonchev–Trinajstić information content (AvgIpc) is 3.29. The molecular formula is C26H33N5O4S. The van der Waals surface area contributed by atoms with Gasteiger partial charge in [0.2, 0.25) is 5.91 Å². The number of thioether (sulfide) groups is 1. The van der Waals surface area contributed by atoms with Crippen LogP contribution < -0.4 is 20.1 Å². The highest BCUT2D eigenvalue weighted by molar-refractivity contribution is 7.99. The van der Waals surface area contributed by atoms with Gasteiger partial charge in [0, 0.05) is 17.8 Å². The van der Waals surface area contributed by atoms with Crippen LogP contribution in [0.2, 0.25) is 0 Å². The molecule has 0 saturated carbocycles. The van der Waals surface area contributed by atoms with Gasteiger partial charge in [-0.2, -0.15) is 0 Å². The Hall–Kier alpha value is -3.53. The molecule has 1 heterocycles. The van der Waals surface area contributed by atoms with Crippen molar-refractivity contribution in [3.8, 4) is 11.5 Å². The van der Waals surface area contributed by atoms with Crippen LogP contribution in [0.1, 0.15) is 49.9 Å². The summed E-state index contributed by atoms with van der Waals surface area (Å²) < 4.78 is 12.5. The van der Waals surface area contributed by atoms with E-state index >= 15 is 0 Å². The minimum Gasteiger partial charge on any atom is -0.497 e. The van der Waals surface area contributed by atoms with Crippen molar-refractivity contribution in [2.45, 2.75) is 45.4 Å². The lowest BCUT2D eigenvalue weighted by molar-refractivity contribution is -0.113. The molecule has 2 amide bonds. The highest BCUT2D eigenvalue weighted by Crippen LogP contribution is 2.26. The van der Waals surface area contributed by atoms with Crippen LogP contribution in [-0.4, -0.2) is 46.0 Å². The molecule has 0 bridgehead atoms. The van der Waals surface area contributed by atoms with Gasteiger partial charge < -0.3 is 24.7 Å². The number of benzene rings is 2. The molecule has 2 N–H and O–H groups in total. The first kappa shape index (κ1) is 27.1. The van der Waals surface area contributed by atoms with Crippen molar-refractivity contribution in [2.24, 2.45) is 5.92 Å². The highest BCUT2D eigenvalue weighted by atomic mass is 32.2. The zero-order chi connectivity index (χ0) is 26.1. The summed E-state index contributed by atoms with van der Waals surface area (Å²) in [6, 6.07) is 13.8. The van der Waals surface area contributed by atoms with E-state index in [2.05, 4.69) is 20.8 Å². The smallest absolute Gasteiger partial charge is 0.251 e. The van der Waals surface area contributed by atoms with Gasteiger partial charge in [0.1, 0.15) is 11.5 Å². The summed E-state index contributed by atoms with van der Waals surface area (Å²) in [5, 5.41) is 15.3. The Kier molecular flexibility index (Phi) is 9.75. The molecule has 0 aliphatic carbocycles. The topological polar surface area (TPSA) is 107 Å². The summed E-state index contributed by atoms with van der Waals surface area (Å²) in [7, 11) is 1.58. The standard InChI is InChI=1S/C26H33N5O4S/c1-6-31-24(23(17(3)4)28-25(33)18-8-12-20(34-5)13-9-18)29-30-26(31)36-16-22(32)27-19-10-14-21(15-11-19)35-7-2/h8-15,17,23H,6-7,16H2,1-5H3,(H,27,32)(H,28,33)/t23-/m1/s1. The lowest BCUT2D eigenvalue weighted by Crippen LogP contribution is -2.33. The minimum atomic E-state index is -0.348. The predicted octanol–water partition coefficient (Wildman–Crippen LogP) is 4.56. The lowest BCUT2D eigenvalue weighted by atomic mass is 10.0. The molecule has 0 radical (unpaired) electrons. The van der Waals surface area contributed by atoms with Gasteiger partial charge in [0.05, 0.1) is 25.5 Å². The van der Waals surface area contributed by atoms with E-state index in [-0.39, 0.29) is 29.5 Å². The maximum atomic E-state index is 12.9. The molecule has 0 unspecified atom stereocenters. The number of rotatable bonds is 12. The zero-order valence-electron chi connectivity index (χ0n) is 21.3. The molecule has 0 fully saturated rings. The maximum absolute atomic E-state index is 12.9. The van der Waals surface area contributed by atoms with Crippen molar-refractivity contribution in [2.75, 3.05) is 24.8 Å². The zero-order valence-corrected chi connectivity index (χ0v) is 22.1. The Morgan fingerprint density at radius 2 is 1.67 bits per heavy atom. The van der Waals surface area contributed by atoms with E-state index in [1.54, 1.807) is 43.5 Å². The normalized spacial score (nSPS) is 11.7. The number of methoxy groups -OCH3 is 1. The van der Waals surface area contributed by atoms with Crippen molar-refractivity contribution in [3.63, 3.8) is 0 Å². The molecule has 2 aromatic carbocycles. The van der Waals surface area contributed by atoms with Crippen LogP contribution in [0.4, 0.5) is 5.69 Å². The predicted molar refractivity (Wildman–Crippen MR) is 141 cm³/mol. The van der Waals surface area contributed by atoms with Gasteiger partial charge in [-0.1, -0.05) is 25.6 Å². The molecule has 0 aliphatic rings. The first-order valence-electron chi connectivity index (χ1n) is 11.9. The van der Waals surface area contributed by atoms with Gasteiger partial charge in [-0.15, -0.1) is 10.2 Å². The van der Waals surface area contributed by atoms with Crippen LogP contribution in [0.5, 0.6) is 11.5 Å². The number of amides is 2. The van der Waals surface area contributed by atoms with E-state index < -0.39 is 0 Å². The summed E-state index contributed by atoms with van der Waals surface area (Å²) in [5.74, 6) is 2.00. The maximum Gasteiger partial charge on any atom is 0.251 e. The number of hydrogen-bond donors (Lipinski definition) is 2. The third-order valence-corrected chi connectivity index (χ3v) is 6.39. The Morgan fingerprint density at radius 1 is 1.00 bits per heavy atom. The molecule has 9 nitrogen and oxygen atoms in total. The number of hydrogen-bond acceptors (Lipinski definition) is 7. The van der Waals surface area contributed by atoms with Gasteiger partial charge in [-0.05, 0) is 68.3 Å². The van der Waals surface area contributed by atoms with Gasteiger partial charge >= 0.3 is 0 Å². The SMILES string of the molecule is CCOc1ccc(NC(=O)CSc2nnc([C@H](NC(=O)c3ccc(OC)cc3)C(C)C)n2CC)cc1. The second kappa shape index (κ2) is 13.0. The number of carbonyl (C=O) groups is 2. The summed E-state index contributed by atoms with van der Waals surface area (Å²) in [6.45, 7) is 9.14. The van der Waals surface area contributed by atoms with Gasteiger partial charge in [0.25, 0.3) is 5.91 Å². The van der Waals surface area contributed by atoms with Crippen LogP contribution in [-0.2, 0) is 11.3 Å². The third-order valence-electron chi connectivity index (χ3n) is 5.43. The summed E-state index contributed by atoms with van der Waals surface area (Å²) in [6.07, 6.45) is 0. The highest BCUT2D eigenvalue weighted by Gasteiger charge is 2.26. The molecule has 0 aliphatic heterocycles. The van der Waals surface area contributed by atoms with E-state index in [1.807, 2.05) is 44.4 Å². The van der Waals surface area contributed by atoms with Crippen molar-refractivity contribution >= 4 is 29.3 Å². The molecule has 0 saturated heterocycles. The minimum absolute atomic E-state index is 0.0718. The summed E-state index contributed by atoms with van der Waals surface area (Å²) >= 11 is 1.31. The molecule has 1 atom stereocenters. The fraction of sp³-hybridized carbons (Fsp3) is 0.385. The average molecular weight is 512 g/mol. The van der Waals surface area contributed by atoms with Crippen molar-refractivity contribution in [3.05, 3.63) is 59.9 Å². The van der Waals surface area contributed by atoms with E-state index in [1.165, 1.54) is 11.8 Å². The molecule has 10 heteroatoms. The Balaban J connectivity index is 1.66. The molecule has 3 rings (SSSR count). The van der Waals surface area contributed by atoms with Crippen LogP contribution in [0, 0.1) is 5.92 Å². The Labute approximate surface area is 216 Å². The Morgan fingerprint density at radius 3 is 2.25 bits per heavy atom. The number of aromatic nitrogens is 3. The van der Waals surface area contributed by atoms with Crippen LogP contribution in [0.3, 0.4) is 0 Å². The molecule has 36 heavy (non-hydrogen) atoms. The second-order valence-corrected chi connectivity index (χ2v) is 9.25. The van der Waals surface area contributed by atoms with E-state index in [0.717, 1.165) is 5.75 Å². The molecule has 3 aromatic rings. The monoisotopic (exact) mass is 511 g/mol. The number of nitrogens with one attached hydrogen (secondary N) is 2. The number of carbonyl (C=O) groups excluding carboxylic acids is 2. The first-order valence-corrected chi connectivity index (χ1v) is 12.9. The van der Waals surface area contributed by atoms with Gasteiger partial charge in [0.15, 0.2) is 11.0 Å². The van der Waals surface area contributed by atoms with Crippen molar-refractivity contribution in [1.82, 2.24) is 20.1 Å². The fourth-order valence-corrected chi connectivity index (χ4v) is 4.37. The van der Waals surface area contributed by atoms with Crippen LogP contribution in [0.15, 0.2) is 53.7 Å². The number of nitrogens with zero attached hydrogens (tertiary/aromatic N) is 3. The lowest BCUT2D eigenvalue weighted by Gasteiger charge is -2.22. The van der Waals surface area contributed by atoms with Crippen LogP contribution >= 0.6 is 11.8 Å². The molecule has 0 spiro atoms. The van der Waals surface area contributed by atoms with Gasteiger partial charge in [-0.25, -0.2) is 0 Å². The largest absolute Gasteiger partial charge is 0.497 e. The van der Waals surface area contributed by atoms with Crippen LogP contribution in [0.25, 0.3) is 0 Å². The number of ether oxygens (including phenoxy) is 2. The van der Waals surface area contributed by atoms with Crippen molar-refractivity contribution < 1.29 is 19.1 Å². The van der Waals surface area contributed by atoms with E-state index in [9.17, 15) is 9.59 Å². The molecule has 192 valence electrons. The summed E-state index contributed by atoms with van der Waals surface area (Å²) in [5.41, 5.74) is 1.23.